The minimum absolute atomic E-state index is 0.0148. The van der Waals surface area contributed by atoms with Crippen molar-refractivity contribution >= 4 is 11.3 Å². The van der Waals surface area contributed by atoms with Crippen LogP contribution in [0, 0.1) is 0 Å². The molecule has 5 nitrogen and oxygen atoms in total. The summed E-state index contributed by atoms with van der Waals surface area (Å²) in [6.07, 6.45) is 1.87. The van der Waals surface area contributed by atoms with E-state index in [9.17, 15) is 9.90 Å². The molecule has 1 aliphatic rings. The van der Waals surface area contributed by atoms with Crippen LogP contribution in [0.25, 0.3) is 16.6 Å². The van der Waals surface area contributed by atoms with Crippen LogP contribution < -0.4 is 10.3 Å². The normalized spacial score (nSPS) is 14.8. The Bertz CT molecular complexity index is 1240. The third kappa shape index (κ3) is 4.05. The van der Waals surface area contributed by atoms with Crippen molar-refractivity contribution in [3.8, 4) is 16.9 Å². The van der Waals surface area contributed by atoms with Gasteiger partial charge in [0.05, 0.1) is 5.52 Å². The molecule has 4 aromatic rings. The Morgan fingerprint density at radius 3 is 2.29 bits per heavy atom. The van der Waals surface area contributed by atoms with Crippen molar-refractivity contribution in [3.05, 3.63) is 101 Å². The van der Waals surface area contributed by atoms with Crippen molar-refractivity contribution in [2.75, 3.05) is 31.1 Å². The van der Waals surface area contributed by atoms with Gasteiger partial charge in [0, 0.05) is 50.6 Å². The summed E-state index contributed by atoms with van der Waals surface area (Å²) in [6, 6.07) is 25.1. The maximum absolute atomic E-state index is 12.0. The zero-order valence-electron chi connectivity index (χ0n) is 17.3. The number of phenolic OH excluding ortho intramolecular Hbond substituents is 1. The molecule has 2 aromatic carbocycles. The fraction of sp³-hybridized carbons (Fsp3) is 0.192. The highest BCUT2D eigenvalue weighted by Crippen LogP contribution is 2.33. The Kier molecular flexibility index (Phi) is 5.18. The summed E-state index contributed by atoms with van der Waals surface area (Å²) in [6.45, 7) is 4.80. The number of aromatic hydroxyl groups is 1. The van der Waals surface area contributed by atoms with Gasteiger partial charge in [0.15, 0.2) is 5.43 Å². The van der Waals surface area contributed by atoms with Crippen molar-refractivity contribution in [2.24, 2.45) is 0 Å². The Hall–Kier alpha value is -3.57. The topological polar surface area (TPSA) is 48.2 Å². The van der Waals surface area contributed by atoms with Gasteiger partial charge in [0.25, 0.3) is 0 Å². The minimum atomic E-state index is -0.0148. The molecule has 5 heteroatoms. The number of aromatic nitrogens is 1. The van der Waals surface area contributed by atoms with E-state index in [2.05, 4.69) is 50.6 Å². The number of hydrogen-bond donors (Lipinski definition) is 1. The van der Waals surface area contributed by atoms with E-state index in [0.29, 0.717) is 0 Å². The maximum atomic E-state index is 12.0. The molecule has 31 heavy (non-hydrogen) atoms. The summed E-state index contributed by atoms with van der Waals surface area (Å²) in [5.74, 6) is 1.34. The second kappa shape index (κ2) is 8.28. The number of nitrogens with zero attached hydrogens (tertiary/aromatic N) is 3. The van der Waals surface area contributed by atoms with Crippen LogP contribution in [0.15, 0.2) is 89.9 Å². The lowest BCUT2D eigenvalue weighted by molar-refractivity contribution is 0.249. The largest absolute Gasteiger partial charge is 0.508 e. The van der Waals surface area contributed by atoms with E-state index in [1.807, 2.05) is 24.4 Å². The number of benzene rings is 2. The molecule has 5 rings (SSSR count). The second-order valence-corrected chi connectivity index (χ2v) is 8.02. The quantitative estimate of drug-likeness (QED) is 0.552. The SMILES string of the molecule is O=c1ccc2c(-c3ccc(O)cc3)cc(N3CCN(Cc4ccccc4)CC3)n2cc1. The van der Waals surface area contributed by atoms with E-state index in [-0.39, 0.29) is 11.2 Å². The van der Waals surface area contributed by atoms with Gasteiger partial charge in [-0.15, -0.1) is 0 Å². The average Bonchev–Trinajstić information content (AvgIpc) is 3.05. The number of fused-ring (bicyclic) bond motifs is 1. The molecule has 1 aliphatic heterocycles. The van der Waals surface area contributed by atoms with Crippen molar-refractivity contribution in [2.45, 2.75) is 6.54 Å². The molecular weight excluding hydrogens is 386 g/mol. The lowest BCUT2D eigenvalue weighted by atomic mass is 10.1. The molecule has 0 unspecified atom stereocenters. The zero-order chi connectivity index (χ0) is 21.2. The summed E-state index contributed by atoms with van der Waals surface area (Å²) >= 11 is 0. The fourth-order valence-corrected chi connectivity index (χ4v) is 4.31. The lowest BCUT2D eigenvalue weighted by Crippen LogP contribution is -2.46. The van der Waals surface area contributed by atoms with Crippen molar-refractivity contribution < 1.29 is 5.11 Å². The first-order valence-electron chi connectivity index (χ1n) is 10.6. The van der Waals surface area contributed by atoms with E-state index < -0.39 is 0 Å². The van der Waals surface area contributed by atoms with Gasteiger partial charge in [-0.3, -0.25) is 9.69 Å². The first-order chi connectivity index (χ1) is 15.2. The van der Waals surface area contributed by atoms with Gasteiger partial charge in [0.1, 0.15) is 11.6 Å². The molecule has 0 spiro atoms. The van der Waals surface area contributed by atoms with Gasteiger partial charge in [-0.05, 0) is 41.5 Å². The molecule has 3 heterocycles. The molecule has 0 saturated carbocycles. The van der Waals surface area contributed by atoms with Crippen LogP contribution in [-0.4, -0.2) is 40.6 Å². The molecule has 0 bridgehead atoms. The monoisotopic (exact) mass is 411 g/mol. The highest BCUT2D eigenvalue weighted by molar-refractivity contribution is 5.85. The summed E-state index contributed by atoms with van der Waals surface area (Å²) in [4.78, 5) is 16.9. The highest BCUT2D eigenvalue weighted by Gasteiger charge is 2.21. The first kappa shape index (κ1) is 19.4. The molecular formula is C26H25N3O2. The van der Waals surface area contributed by atoms with Gasteiger partial charge in [0.2, 0.25) is 0 Å². The van der Waals surface area contributed by atoms with Crippen LogP contribution in [0.2, 0.25) is 0 Å². The number of phenols is 1. The van der Waals surface area contributed by atoms with Crippen LogP contribution in [0.5, 0.6) is 5.75 Å². The summed E-state index contributed by atoms with van der Waals surface area (Å²) < 4.78 is 2.11. The third-order valence-corrected chi connectivity index (χ3v) is 5.97. The van der Waals surface area contributed by atoms with Crippen molar-refractivity contribution in [1.82, 2.24) is 9.30 Å². The lowest BCUT2D eigenvalue weighted by Gasteiger charge is -2.35. The summed E-state index contributed by atoms with van der Waals surface area (Å²) in [7, 11) is 0. The van der Waals surface area contributed by atoms with E-state index in [0.717, 1.165) is 55.2 Å². The molecule has 0 aliphatic carbocycles. The Morgan fingerprint density at radius 1 is 0.806 bits per heavy atom. The standard InChI is InChI=1S/C26H25N3O2/c30-22-8-6-21(7-9-22)24-18-26(29-13-12-23(31)10-11-25(24)29)28-16-14-27(15-17-28)19-20-4-2-1-3-5-20/h1-13,18,30H,14-17,19H2. The van der Waals surface area contributed by atoms with E-state index in [4.69, 9.17) is 0 Å². The van der Waals surface area contributed by atoms with Gasteiger partial charge in [-0.25, -0.2) is 0 Å². The second-order valence-electron chi connectivity index (χ2n) is 8.02. The highest BCUT2D eigenvalue weighted by atomic mass is 16.3. The van der Waals surface area contributed by atoms with Crippen LogP contribution in [-0.2, 0) is 6.54 Å². The maximum Gasteiger partial charge on any atom is 0.180 e. The molecule has 0 amide bonds. The first-order valence-corrected chi connectivity index (χ1v) is 10.6. The molecule has 1 fully saturated rings. The van der Waals surface area contributed by atoms with E-state index in [1.54, 1.807) is 24.3 Å². The molecule has 1 N–H and O–H groups in total. The Balaban J connectivity index is 1.45. The Labute approximate surface area is 181 Å². The van der Waals surface area contributed by atoms with Crippen molar-refractivity contribution in [1.29, 1.82) is 0 Å². The minimum Gasteiger partial charge on any atom is -0.508 e. The summed E-state index contributed by atoms with van der Waals surface area (Å²) in [5, 5.41) is 9.67. The molecule has 2 aromatic heterocycles. The fourth-order valence-electron chi connectivity index (χ4n) is 4.31. The number of hydrogen-bond acceptors (Lipinski definition) is 4. The summed E-state index contributed by atoms with van der Waals surface area (Å²) in [5.41, 5.74) is 4.38. The molecule has 1 saturated heterocycles. The van der Waals surface area contributed by atoms with Gasteiger partial charge < -0.3 is 14.4 Å². The van der Waals surface area contributed by atoms with Crippen molar-refractivity contribution in [3.63, 3.8) is 0 Å². The smallest absolute Gasteiger partial charge is 0.180 e. The average molecular weight is 412 g/mol. The number of piperazine rings is 1. The van der Waals surface area contributed by atoms with Crippen LogP contribution in [0.4, 0.5) is 5.82 Å². The Morgan fingerprint density at radius 2 is 1.55 bits per heavy atom. The predicted molar refractivity (Wildman–Crippen MR) is 125 cm³/mol. The number of anilines is 1. The van der Waals surface area contributed by atoms with Gasteiger partial charge in [-0.1, -0.05) is 42.5 Å². The van der Waals surface area contributed by atoms with Crippen LogP contribution in [0.3, 0.4) is 0 Å². The number of rotatable bonds is 4. The predicted octanol–water partition coefficient (Wildman–Crippen LogP) is 3.99. The zero-order valence-corrected chi connectivity index (χ0v) is 17.3. The molecule has 0 atom stereocenters. The molecule has 156 valence electrons. The van der Waals surface area contributed by atoms with E-state index >= 15 is 0 Å². The molecule has 0 radical (unpaired) electrons. The van der Waals surface area contributed by atoms with Crippen LogP contribution >= 0.6 is 0 Å². The van der Waals surface area contributed by atoms with Gasteiger partial charge in [-0.2, -0.15) is 0 Å². The van der Waals surface area contributed by atoms with Gasteiger partial charge >= 0.3 is 0 Å². The third-order valence-electron chi connectivity index (χ3n) is 5.97. The van der Waals surface area contributed by atoms with Crippen LogP contribution in [0.1, 0.15) is 5.56 Å². The van der Waals surface area contributed by atoms with E-state index in [1.165, 1.54) is 5.56 Å².